The minimum atomic E-state index is -4.42. The van der Waals surface area contributed by atoms with Crippen molar-refractivity contribution in [3.63, 3.8) is 0 Å². The lowest BCUT2D eigenvalue weighted by Gasteiger charge is -2.27. The Kier molecular flexibility index (Phi) is 5.78. The molecule has 4 aromatic carbocycles. The van der Waals surface area contributed by atoms with Crippen molar-refractivity contribution >= 4 is 54.0 Å². The second-order valence-corrected chi connectivity index (χ2v) is 10.9. The Balaban J connectivity index is 1.55. The van der Waals surface area contributed by atoms with Crippen LogP contribution in [0.25, 0.3) is 32.3 Å². The molecule has 1 aliphatic heterocycles. The van der Waals surface area contributed by atoms with Gasteiger partial charge in [-0.2, -0.15) is 8.42 Å². The number of Topliss-reactive ketones (excluding diaryl/α,β-unsaturated/α-hetero) is 2. The molecule has 0 spiro atoms. The maximum absolute atomic E-state index is 12.8. The van der Waals surface area contributed by atoms with Crippen LogP contribution in [-0.2, 0) is 19.7 Å². The fourth-order valence-corrected chi connectivity index (χ4v) is 6.10. The van der Waals surface area contributed by atoms with Crippen molar-refractivity contribution in [2.24, 2.45) is 5.92 Å². The normalized spacial score (nSPS) is 19.0. The van der Waals surface area contributed by atoms with Crippen molar-refractivity contribution in [2.75, 3.05) is 13.2 Å². The molecule has 4 aromatic rings. The van der Waals surface area contributed by atoms with E-state index in [0.29, 0.717) is 30.5 Å². The monoisotopic (exact) mass is 493 g/mol. The molecular weight excluding hydrogens is 466 g/mol. The molecule has 0 aromatic heterocycles. The van der Waals surface area contributed by atoms with Crippen LogP contribution in [0.3, 0.4) is 0 Å². The molecule has 0 amide bonds. The van der Waals surface area contributed by atoms with Crippen molar-refractivity contribution in [2.45, 2.75) is 44.6 Å². The first-order valence-corrected chi connectivity index (χ1v) is 13.1. The van der Waals surface area contributed by atoms with Crippen molar-refractivity contribution < 1.29 is 27.3 Å². The van der Waals surface area contributed by atoms with Crippen LogP contribution in [0.1, 0.15) is 30.9 Å². The Labute approximate surface area is 203 Å². The molecule has 1 fully saturated rings. The summed E-state index contributed by atoms with van der Waals surface area (Å²) in [6.45, 7) is 5.73. The SMILES string of the molecule is CC(=O)C1CCC(C(=O)COc2cc(C)c3ccc4c(C)cc(S(=O)(=O)O)c5ccc2c3c45)NC1. The molecule has 182 valence electrons. The Morgan fingerprint density at radius 1 is 0.971 bits per heavy atom. The first-order chi connectivity index (χ1) is 16.6. The van der Waals surface area contributed by atoms with Crippen molar-refractivity contribution in [3.05, 3.63) is 47.5 Å². The van der Waals surface area contributed by atoms with Crippen LogP contribution in [0.5, 0.6) is 5.75 Å². The summed E-state index contributed by atoms with van der Waals surface area (Å²) in [6, 6.07) is 10.5. The number of hydrogen-bond donors (Lipinski definition) is 2. The maximum atomic E-state index is 12.8. The number of ether oxygens (including phenoxy) is 1. The molecule has 7 nitrogen and oxygen atoms in total. The number of hydrogen-bond acceptors (Lipinski definition) is 6. The molecule has 1 aliphatic rings. The number of benzene rings is 4. The highest BCUT2D eigenvalue weighted by Gasteiger charge is 2.28. The minimum Gasteiger partial charge on any atom is -0.485 e. The van der Waals surface area contributed by atoms with E-state index in [1.165, 1.54) is 6.07 Å². The third kappa shape index (κ3) is 4.05. The summed E-state index contributed by atoms with van der Waals surface area (Å²) in [6.07, 6.45) is 1.29. The summed E-state index contributed by atoms with van der Waals surface area (Å²) in [7, 11) is -4.42. The second kappa shape index (κ2) is 8.55. The Morgan fingerprint density at radius 3 is 2.17 bits per heavy atom. The van der Waals surface area contributed by atoms with E-state index in [-0.39, 0.29) is 35.0 Å². The van der Waals surface area contributed by atoms with E-state index < -0.39 is 10.1 Å². The third-order valence-corrected chi connectivity index (χ3v) is 8.16. The number of piperidine rings is 1. The van der Waals surface area contributed by atoms with Gasteiger partial charge < -0.3 is 10.1 Å². The number of rotatable bonds is 6. The Hall–Kier alpha value is -3.07. The topological polar surface area (TPSA) is 110 Å². The summed E-state index contributed by atoms with van der Waals surface area (Å²) in [5, 5.41) is 7.83. The summed E-state index contributed by atoms with van der Waals surface area (Å²) in [5.41, 5.74) is 1.68. The van der Waals surface area contributed by atoms with Crippen LogP contribution >= 0.6 is 0 Å². The predicted octanol–water partition coefficient (Wildman–Crippen LogP) is 4.35. The molecule has 0 radical (unpaired) electrons. The van der Waals surface area contributed by atoms with Gasteiger partial charge in [-0.3, -0.25) is 14.1 Å². The van der Waals surface area contributed by atoms with Crippen LogP contribution in [0.4, 0.5) is 0 Å². The lowest BCUT2D eigenvalue weighted by molar-refractivity contribution is -0.126. The predicted molar refractivity (Wildman–Crippen MR) is 135 cm³/mol. The average Bonchev–Trinajstić information content (AvgIpc) is 2.82. The van der Waals surface area contributed by atoms with Gasteiger partial charge in [0.1, 0.15) is 23.0 Å². The van der Waals surface area contributed by atoms with Crippen molar-refractivity contribution in [3.8, 4) is 5.75 Å². The third-order valence-electron chi connectivity index (χ3n) is 7.26. The van der Waals surface area contributed by atoms with E-state index in [2.05, 4.69) is 5.32 Å². The molecule has 0 aliphatic carbocycles. The van der Waals surface area contributed by atoms with Crippen LogP contribution < -0.4 is 10.1 Å². The molecule has 0 saturated carbocycles. The van der Waals surface area contributed by atoms with Gasteiger partial charge in [-0.25, -0.2) is 0 Å². The zero-order valence-corrected chi connectivity index (χ0v) is 20.7. The number of aryl methyl sites for hydroxylation is 2. The van der Waals surface area contributed by atoms with E-state index >= 15 is 0 Å². The molecule has 2 N–H and O–H groups in total. The van der Waals surface area contributed by atoms with Gasteiger partial charge in [0.05, 0.1) is 6.04 Å². The van der Waals surface area contributed by atoms with Crippen LogP contribution in [0.2, 0.25) is 0 Å². The lowest BCUT2D eigenvalue weighted by Crippen LogP contribution is -2.47. The first kappa shape index (κ1) is 23.7. The lowest BCUT2D eigenvalue weighted by atomic mass is 9.90. The van der Waals surface area contributed by atoms with Crippen molar-refractivity contribution in [1.29, 1.82) is 0 Å². The summed E-state index contributed by atoms with van der Waals surface area (Å²) >= 11 is 0. The molecule has 35 heavy (non-hydrogen) atoms. The van der Waals surface area contributed by atoms with E-state index in [4.69, 9.17) is 4.74 Å². The summed E-state index contributed by atoms with van der Waals surface area (Å²) < 4.78 is 40.1. The molecule has 2 unspecified atom stereocenters. The van der Waals surface area contributed by atoms with Crippen LogP contribution in [0.15, 0.2) is 41.3 Å². The molecule has 8 heteroatoms. The zero-order chi connectivity index (χ0) is 25.1. The van der Waals surface area contributed by atoms with E-state index in [0.717, 1.165) is 38.1 Å². The van der Waals surface area contributed by atoms with Gasteiger partial charge in [-0.1, -0.05) is 18.2 Å². The van der Waals surface area contributed by atoms with Gasteiger partial charge >= 0.3 is 0 Å². The Morgan fingerprint density at radius 2 is 1.57 bits per heavy atom. The smallest absolute Gasteiger partial charge is 0.295 e. The van der Waals surface area contributed by atoms with E-state index in [1.54, 1.807) is 19.1 Å². The van der Waals surface area contributed by atoms with Crippen molar-refractivity contribution in [1.82, 2.24) is 5.32 Å². The molecule has 0 bridgehead atoms. The Bertz CT molecular complexity index is 1600. The van der Waals surface area contributed by atoms with Crippen LogP contribution in [-0.4, -0.2) is 43.7 Å². The second-order valence-electron chi connectivity index (χ2n) is 9.53. The minimum absolute atomic E-state index is 0.0451. The first-order valence-electron chi connectivity index (χ1n) is 11.6. The molecule has 1 saturated heterocycles. The highest BCUT2D eigenvalue weighted by atomic mass is 32.2. The fraction of sp³-hybridized carbons (Fsp3) is 0.333. The van der Waals surface area contributed by atoms with Gasteiger partial charge in [-0.15, -0.1) is 0 Å². The van der Waals surface area contributed by atoms with E-state index in [9.17, 15) is 22.6 Å². The highest BCUT2D eigenvalue weighted by molar-refractivity contribution is 7.86. The number of nitrogens with one attached hydrogen (secondary N) is 1. The van der Waals surface area contributed by atoms with Gasteiger partial charge in [-0.05, 0) is 79.1 Å². The maximum Gasteiger partial charge on any atom is 0.295 e. The van der Waals surface area contributed by atoms with Gasteiger partial charge in [0.15, 0.2) is 5.78 Å². The largest absolute Gasteiger partial charge is 0.485 e. The molecular formula is C27H27NO6S. The molecule has 2 atom stereocenters. The average molecular weight is 494 g/mol. The highest BCUT2D eigenvalue weighted by Crippen LogP contribution is 2.43. The number of carbonyl (C=O) groups is 2. The fourth-order valence-electron chi connectivity index (χ4n) is 5.33. The summed E-state index contributed by atoms with van der Waals surface area (Å²) in [5.74, 6) is 0.567. The standard InChI is InChI=1S/C27H27NO6S/c1-14-10-24(34-13-23(30)22-9-4-17(12-28-22)16(3)29)20-7-8-21-25(35(31,32)33)11-15(2)19-6-5-18(14)26(20)27(19)21/h5-8,10-11,17,22,28H,4,9,12-13H2,1-3H3,(H,31,32,33). The number of carbonyl (C=O) groups excluding carboxylic acids is 2. The van der Waals surface area contributed by atoms with Gasteiger partial charge in [0.25, 0.3) is 10.1 Å². The number of ketones is 2. The van der Waals surface area contributed by atoms with Crippen LogP contribution in [0, 0.1) is 19.8 Å². The summed E-state index contributed by atoms with van der Waals surface area (Å²) in [4.78, 5) is 24.3. The molecule has 1 heterocycles. The quantitative estimate of drug-likeness (QED) is 0.303. The van der Waals surface area contributed by atoms with Gasteiger partial charge in [0, 0.05) is 28.6 Å². The zero-order valence-electron chi connectivity index (χ0n) is 19.8. The molecule has 5 rings (SSSR count). The van der Waals surface area contributed by atoms with Gasteiger partial charge in [0.2, 0.25) is 0 Å². The van der Waals surface area contributed by atoms with E-state index in [1.807, 2.05) is 32.0 Å².